The van der Waals surface area contributed by atoms with E-state index < -0.39 is 0 Å². The van der Waals surface area contributed by atoms with Crippen molar-refractivity contribution < 1.29 is 9.59 Å². The minimum absolute atomic E-state index is 0.116. The van der Waals surface area contributed by atoms with E-state index in [1.54, 1.807) is 38.4 Å². The van der Waals surface area contributed by atoms with Crippen LogP contribution in [-0.2, 0) is 4.79 Å². The van der Waals surface area contributed by atoms with Gasteiger partial charge in [0.05, 0.1) is 22.3 Å². The zero-order valence-corrected chi connectivity index (χ0v) is 19.0. The predicted molar refractivity (Wildman–Crippen MR) is 132 cm³/mol. The Morgan fingerprint density at radius 3 is 2.52 bits per heavy atom. The van der Waals surface area contributed by atoms with E-state index in [4.69, 9.17) is 9.97 Å². The molecule has 0 fully saturated rings. The van der Waals surface area contributed by atoms with Crippen LogP contribution in [0.5, 0.6) is 0 Å². The van der Waals surface area contributed by atoms with E-state index in [2.05, 4.69) is 5.32 Å². The fourth-order valence-electron chi connectivity index (χ4n) is 3.73. The Kier molecular flexibility index (Phi) is 5.43. The zero-order valence-electron chi connectivity index (χ0n) is 18.1. The molecule has 0 spiro atoms. The number of carbonyl (C=O) groups is 2. The lowest BCUT2D eigenvalue weighted by Gasteiger charge is -2.12. The minimum atomic E-state index is -0.179. The van der Waals surface area contributed by atoms with Crippen molar-refractivity contribution in [3.63, 3.8) is 0 Å². The van der Waals surface area contributed by atoms with Crippen molar-refractivity contribution in [1.29, 1.82) is 0 Å². The van der Waals surface area contributed by atoms with Crippen LogP contribution in [0.25, 0.3) is 27.6 Å². The number of nitrogens with zero attached hydrogens (tertiary/aromatic N) is 4. The van der Waals surface area contributed by atoms with E-state index in [0.29, 0.717) is 16.4 Å². The molecule has 0 aliphatic rings. The highest BCUT2D eigenvalue weighted by atomic mass is 32.2. The molecule has 1 N–H and O–H groups in total. The molecule has 0 aliphatic heterocycles. The first-order chi connectivity index (χ1) is 16.0. The van der Waals surface area contributed by atoms with E-state index in [0.717, 1.165) is 27.6 Å². The van der Waals surface area contributed by atoms with E-state index in [-0.39, 0.29) is 17.6 Å². The molecule has 164 valence electrons. The summed E-state index contributed by atoms with van der Waals surface area (Å²) in [6.07, 6.45) is 0. The second-order valence-electron chi connectivity index (χ2n) is 7.79. The third kappa shape index (κ3) is 4.01. The molecule has 33 heavy (non-hydrogen) atoms. The number of hydrogen-bond acceptors (Lipinski definition) is 5. The van der Waals surface area contributed by atoms with Crippen molar-refractivity contribution in [3.8, 4) is 0 Å². The Bertz CT molecular complexity index is 1530. The van der Waals surface area contributed by atoms with Gasteiger partial charge in [0.15, 0.2) is 5.16 Å². The second-order valence-corrected chi connectivity index (χ2v) is 8.73. The molecule has 8 heteroatoms. The lowest BCUT2D eigenvalue weighted by molar-refractivity contribution is -0.113. The first kappa shape index (κ1) is 21.0. The van der Waals surface area contributed by atoms with Crippen LogP contribution in [0.1, 0.15) is 10.4 Å². The van der Waals surface area contributed by atoms with Crippen LogP contribution < -0.4 is 5.32 Å². The minimum Gasteiger partial charge on any atom is -0.345 e. The number of nitrogens with one attached hydrogen (secondary N) is 1. The molecule has 2 aromatic heterocycles. The van der Waals surface area contributed by atoms with E-state index in [1.165, 1.54) is 16.7 Å². The Morgan fingerprint density at radius 1 is 0.939 bits per heavy atom. The largest absolute Gasteiger partial charge is 0.345 e. The van der Waals surface area contributed by atoms with Gasteiger partial charge in [-0.25, -0.2) is 9.97 Å². The summed E-state index contributed by atoms with van der Waals surface area (Å²) in [6, 6.07) is 22.7. The number of amides is 2. The van der Waals surface area contributed by atoms with Crippen molar-refractivity contribution in [1.82, 2.24) is 19.3 Å². The number of aromatic nitrogens is 3. The van der Waals surface area contributed by atoms with E-state index in [9.17, 15) is 9.59 Å². The molecule has 2 amide bonds. The number of anilines is 1. The number of hydrogen-bond donors (Lipinski definition) is 1. The van der Waals surface area contributed by atoms with Gasteiger partial charge in [-0.15, -0.1) is 0 Å². The number of rotatable bonds is 5. The number of thioether (sulfide) groups is 1. The molecular weight excluding hydrogens is 434 g/mol. The lowest BCUT2D eigenvalue weighted by atomic mass is 10.2. The molecule has 0 saturated carbocycles. The van der Waals surface area contributed by atoms with Crippen LogP contribution in [0.2, 0.25) is 0 Å². The summed E-state index contributed by atoms with van der Waals surface area (Å²) in [7, 11) is 3.39. The number of fused-ring (bicyclic) bond motifs is 5. The highest BCUT2D eigenvalue weighted by Crippen LogP contribution is 2.29. The first-order valence-electron chi connectivity index (χ1n) is 10.4. The van der Waals surface area contributed by atoms with E-state index >= 15 is 0 Å². The van der Waals surface area contributed by atoms with Crippen molar-refractivity contribution in [2.75, 3.05) is 25.2 Å². The van der Waals surface area contributed by atoms with Crippen LogP contribution in [0.4, 0.5) is 5.69 Å². The van der Waals surface area contributed by atoms with Gasteiger partial charge in [-0.2, -0.15) is 0 Å². The molecule has 0 atom stereocenters. The zero-order chi connectivity index (χ0) is 22.9. The predicted octanol–water partition coefficient (Wildman–Crippen LogP) is 4.47. The monoisotopic (exact) mass is 455 g/mol. The molecule has 0 saturated heterocycles. The standard InChI is InChI=1S/C25H21N5O2S/c1-29(2)24(32)16-8-7-9-17(14-16)26-22(31)15-33-25-28-19-11-4-3-10-18(19)23-27-20-12-5-6-13-21(20)30(23)25/h3-14H,15H2,1-2H3,(H,26,31). The van der Waals surface area contributed by atoms with Crippen LogP contribution in [-0.4, -0.2) is 50.9 Å². The van der Waals surface area contributed by atoms with Gasteiger partial charge < -0.3 is 10.2 Å². The molecule has 0 radical (unpaired) electrons. The van der Waals surface area contributed by atoms with Gasteiger partial charge in [-0.1, -0.05) is 42.1 Å². The average molecular weight is 456 g/mol. The molecule has 5 aromatic rings. The van der Waals surface area contributed by atoms with Gasteiger partial charge in [-0.05, 0) is 42.5 Å². The number of benzene rings is 3. The fourth-order valence-corrected chi connectivity index (χ4v) is 4.53. The summed E-state index contributed by atoms with van der Waals surface area (Å²) in [5, 5.41) is 4.54. The molecule has 3 aromatic carbocycles. The Balaban J connectivity index is 1.43. The summed E-state index contributed by atoms with van der Waals surface area (Å²) >= 11 is 1.35. The van der Waals surface area contributed by atoms with Crippen LogP contribution in [0, 0.1) is 0 Å². The van der Waals surface area contributed by atoms with Crippen molar-refractivity contribution in [3.05, 3.63) is 78.4 Å². The summed E-state index contributed by atoms with van der Waals surface area (Å²) in [5.74, 6) is -0.129. The molecular formula is C25H21N5O2S. The third-order valence-electron chi connectivity index (χ3n) is 5.24. The molecule has 0 aliphatic carbocycles. The van der Waals surface area contributed by atoms with Crippen molar-refractivity contribution in [2.24, 2.45) is 0 Å². The lowest BCUT2D eigenvalue weighted by Crippen LogP contribution is -2.22. The van der Waals surface area contributed by atoms with Crippen molar-refractivity contribution >= 4 is 56.8 Å². The SMILES string of the molecule is CN(C)C(=O)c1cccc(NC(=O)CSc2nc3ccccc3c3nc4ccccc4n23)c1. The number of carbonyl (C=O) groups excluding carboxylic acids is 2. The molecule has 0 bridgehead atoms. The maximum atomic E-state index is 12.7. The summed E-state index contributed by atoms with van der Waals surface area (Å²) in [5.41, 5.74) is 4.58. The number of para-hydroxylation sites is 3. The van der Waals surface area contributed by atoms with Gasteiger partial charge in [0.2, 0.25) is 5.91 Å². The molecule has 7 nitrogen and oxygen atoms in total. The third-order valence-corrected chi connectivity index (χ3v) is 6.18. The van der Waals surface area contributed by atoms with Crippen LogP contribution in [0.15, 0.2) is 78.0 Å². The van der Waals surface area contributed by atoms with Crippen LogP contribution >= 0.6 is 11.8 Å². The normalized spacial score (nSPS) is 11.2. The van der Waals surface area contributed by atoms with Gasteiger partial charge >= 0.3 is 0 Å². The Labute approximate surface area is 194 Å². The maximum absolute atomic E-state index is 12.7. The maximum Gasteiger partial charge on any atom is 0.253 e. The second kappa shape index (κ2) is 8.55. The van der Waals surface area contributed by atoms with Gasteiger partial charge in [0, 0.05) is 30.7 Å². The quantitative estimate of drug-likeness (QED) is 0.313. The summed E-state index contributed by atoms with van der Waals surface area (Å²) in [4.78, 5) is 36.1. The molecule has 0 unspecified atom stereocenters. The van der Waals surface area contributed by atoms with Gasteiger partial charge in [0.25, 0.3) is 5.91 Å². The summed E-state index contributed by atoms with van der Waals surface area (Å²) in [6.45, 7) is 0. The summed E-state index contributed by atoms with van der Waals surface area (Å²) < 4.78 is 2.01. The topological polar surface area (TPSA) is 79.6 Å². The Morgan fingerprint density at radius 2 is 1.70 bits per heavy atom. The van der Waals surface area contributed by atoms with Crippen LogP contribution in [0.3, 0.4) is 0 Å². The first-order valence-corrected chi connectivity index (χ1v) is 11.4. The highest BCUT2D eigenvalue weighted by molar-refractivity contribution is 7.99. The smallest absolute Gasteiger partial charge is 0.253 e. The Hall–Kier alpha value is -3.91. The fraction of sp³-hybridized carbons (Fsp3) is 0.120. The van der Waals surface area contributed by atoms with Gasteiger partial charge in [0.1, 0.15) is 5.65 Å². The molecule has 5 rings (SSSR count). The highest BCUT2D eigenvalue weighted by Gasteiger charge is 2.16. The van der Waals surface area contributed by atoms with E-state index in [1.807, 2.05) is 52.9 Å². The number of imidazole rings is 1. The average Bonchev–Trinajstić information content (AvgIpc) is 3.22. The molecule has 2 heterocycles. The van der Waals surface area contributed by atoms with Crippen molar-refractivity contribution in [2.45, 2.75) is 5.16 Å². The van der Waals surface area contributed by atoms with Gasteiger partial charge in [-0.3, -0.25) is 14.0 Å².